The number of halogens is 1. The Balaban J connectivity index is 2.84. The van der Waals surface area contributed by atoms with Gasteiger partial charge in [0.2, 0.25) is 5.95 Å². The van der Waals surface area contributed by atoms with E-state index < -0.39 is 5.97 Å². The maximum Gasteiger partial charge on any atom is 0.335 e. The Labute approximate surface area is 93.6 Å². The van der Waals surface area contributed by atoms with Gasteiger partial charge in [0.1, 0.15) is 0 Å². The second kappa shape index (κ2) is 3.23. The van der Waals surface area contributed by atoms with Gasteiger partial charge in [0, 0.05) is 11.5 Å². The van der Waals surface area contributed by atoms with E-state index in [4.69, 9.17) is 10.8 Å². The molecule has 0 bridgehead atoms. The highest BCUT2D eigenvalue weighted by Crippen LogP contribution is 2.26. The number of rotatable bonds is 1. The number of anilines is 1. The zero-order chi connectivity index (χ0) is 11.2. The van der Waals surface area contributed by atoms with E-state index in [2.05, 4.69) is 20.9 Å². The summed E-state index contributed by atoms with van der Waals surface area (Å²) in [7, 11) is 1.77. The summed E-state index contributed by atoms with van der Waals surface area (Å²) in [5, 5.41) is 8.86. The third-order valence-electron chi connectivity index (χ3n) is 2.20. The van der Waals surface area contributed by atoms with Gasteiger partial charge in [-0.15, -0.1) is 0 Å². The van der Waals surface area contributed by atoms with E-state index in [1.807, 2.05) is 0 Å². The first-order chi connectivity index (χ1) is 7.00. The number of imidazole rings is 1. The van der Waals surface area contributed by atoms with Crippen LogP contribution in [-0.2, 0) is 7.05 Å². The quantitative estimate of drug-likeness (QED) is 0.824. The summed E-state index contributed by atoms with van der Waals surface area (Å²) in [5.74, 6) is -0.630. The van der Waals surface area contributed by atoms with Gasteiger partial charge in [-0.25, -0.2) is 9.78 Å². The molecule has 0 aliphatic heterocycles. The SMILES string of the molecule is Cn1c(N)nc2cc(C(=O)O)cc(Br)c21. The van der Waals surface area contributed by atoms with E-state index in [1.165, 1.54) is 12.1 Å². The van der Waals surface area contributed by atoms with Gasteiger partial charge in [0.15, 0.2) is 0 Å². The number of nitrogens with zero attached hydrogens (tertiary/aromatic N) is 2. The maximum atomic E-state index is 10.8. The summed E-state index contributed by atoms with van der Waals surface area (Å²) in [5.41, 5.74) is 7.18. The molecule has 0 unspecified atom stereocenters. The third kappa shape index (κ3) is 1.46. The van der Waals surface area contributed by atoms with E-state index in [-0.39, 0.29) is 5.56 Å². The van der Waals surface area contributed by atoms with Gasteiger partial charge >= 0.3 is 5.97 Å². The van der Waals surface area contributed by atoms with Crippen LogP contribution in [0.4, 0.5) is 5.95 Å². The average Bonchev–Trinajstić information content (AvgIpc) is 2.42. The molecule has 0 saturated heterocycles. The number of aromatic carboxylic acids is 1. The van der Waals surface area contributed by atoms with E-state index >= 15 is 0 Å². The molecular weight excluding hydrogens is 262 g/mol. The highest BCUT2D eigenvalue weighted by atomic mass is 79.9. The summed E-state index contributed by atoms with van der Waals surface area (Å²) in [6, 6.07) is 3.03. The van der Waals surface area contributed by atoms with Gasteiger partial charge in [-0.1, -0.05) is 0 Å². The Bertz CT molecular complexity index is 562. The standard InChI is InChI=1S/C9H8BrN3O2/c1-13-7-5(10)2-4(8(14)15)3-6(7)12-9(13)11/h2-3H,1H3,(H2,11,12)(H,14,15). The largest absolute Gasteiger partial charge is 0.478 e. The van der Waals surface area contributed by atoms with E-state index in [9.17, 15) is 4.79 Å². The van der Waals surface area contributed by atoms with E-state index in [0.717, 1.165) is 5.52 Å². The predicted molar refractivity (Wildman–Crippen MR) is 59.8 cm³/mol. The van der Waals surface area contributed by atoms with Crippen LogP contribution in [-0.4, -0.2) is 20.6 Å². The molecule has 0 radical (unpaired) electrons. The first-order valence-corrected chi connectivity index (χ1v) is 4.94. The number of carbonyl (C=O) groups is 1. The van der Waals surface area contributed by atoms with Crippen molar-refractivity contribution in [2.24, 2.45) is 7.05 Å². The molecule has 0 atom stereocenters. The van der Waals surface area contributed by atoms with Gasteiger partial charge in [-0.05, 0) is 28.1 Å². The molecule has 1 heterocycles. The molecule has 1 aromatic carbocycles. The lowest BCUT2D eigenvalue weighted by Crippen LogP contribution is -1.98. The van der Waals surface area contributed by atoms with Gasteiger partial charge < -0.3 is 15.4 Å². The number of carboxylic acid groups (broad SMARTS) is 1. The van der Waals surface area contributed by atoms with Crippen molar-refractivity contribution in [2.75, 3.05) is 5.73 Å². The topological polar surface area (TPSA) is 81.1 Å². The predicted octanol–water partition coefficient (Wildman–Crippen LogP) is 1.62. The molecule has 2 aromatic rings. The number of fused-ring (bicyclic) bond motifs is 1. The number of aromatic nitrogens is 2. The smallest absolute Gasteiger partial charge is 0.335 e. The molecule has 0 aliphatic carbocycles. The second-order valence-electron chi connectivity index (χ2n) is 3.16. The van der Waals surface area contributed by atoms with Crippen LogP contribution in [0, 0.1) is 0 Å². The third-order valence-corrected chi connectivity index (χ3v) is 2.81. The Morgan fingerprint density at radius 3 is 2.87 bits per heavy atom. The van der Waals surface area contributed by atoms with Crippen molar-refractivity contribution in [3.05, 3.63) is 22.2 Å². The molecule has 0 spiro atoms. The van der Waals surface area contributed by atoms with Crippen molar-refractivity contribution >= 4 is 38.9 Å². The molecule has 5 nitrogen and oxygen atoms in total. The number of nitrogens with two attached hydrogens (primary N) is 1. The van der Waals surface area contributed by atoms with Crippen LogP contribution in [0.15, 0.2) is 16.6 Å². The monoisotopic (exact) mass is 269 g/mol. The van der Waals surface area contributed by atoms with Crippen molar-refractivity contribution in [3.8, 4) is 0 Å². The molecule has 2 rings (SSSR count). The Morgan fingerprint density at radius 2 is 2.27 bits per heavy atom. The number of nitrogen functional groups attached to an aromatic ring is 1. The van der Waals surface area contributed by atoms with Gasteiger partial charge in [-0.2, -0.15) is 0 Å². The molecule has 3 N–H and O–H groups in total. The summed E-state index contributed by atoms with van der Waals surface area (Å²) in [6.07, 6.45) is 0. The lowest BCUT2D eigenvalue weighted by molar-refractivity contribution is 0.0697. The fourth-order valence-electron chi connectivity index (χ4n) is 1.44. The van der Waals surface area contributed by atoms with Crippen LogP contribution in [0.2, 0.25) is 0 Å². The first-order valence-electron chi connectivity index (χ1n) is 4.15. The molecule has 1 aromatic heterocycles. The van der Waals surface area contributed by atoms with Crippen LogP contribution in [0.25, 0.3) is 11.0 Å². The lowest BCUT2D eigenvalue weighted by atomic mass is 10.2. The highest BCUT2D eigenvalue weighted by molar-refractivity contribution is 9.10. The Hall–Kier alpha value is -1.56. The normalized spacial score (nSPS) is 10.8. The minimum absolute atomic E-state index is 0.187. The molecule has 0 fully saturated rings. The van der Waals surface area contributed by atoms with E-state index in [0.29, 0.717) is 15.9 Å². The molecule has 6 heteroatoms. The Kier molecular flexibility index (Phi) is 2.15. The number of carboxylic acids is 1. The summed E-state index contributed by atoms with van der Waals surface area (Å²) < 4.78 is 2.37. The highest BCUT2D eigenvalue weighted by Gasteiger charge is 2.12. The fraction of sp³-hybridized carbons (Fsp3) is 0.111. The molecule has 0 aliphatic rings. The summed E-state index contributed by atoms with van der Waals surface area (Å²) in [4.78, 5) is 14.9. The van der Waals surface area contributed by atoms with Crippen molar-refractivity contribution < 1.29 is 9.90 Å². The van der Waals surface area contributed by atoms with Crippen LogP contribution in [0.1, 0.15) is 10.4 Å². The van der Waals surface area contributed by atoms with Crippen molar-refractivity contribution in [2.45, 2.75) is 0 Å². The van der Waals surface area contributed by atoms with Crippen LogP contribution < -0.4 is 5.73 Å². The minimum Gasteiger partial charge on any atom is -0.478 e. The first kappa shape index (κ1) is 9.97. The van der Waals surface area contributed by atoms with Crippen LogP contribution in [0.5, 0.6) is 0 Å². The number of hydrogen-bond donors (Lipinski definition) is 2. The van der Waals surface area contributed by atoms with Gasteiger partial charge in [0.25, 0.3) is 0 Å². The van der Waals surface area contributed by atoms with Gasteiger partial charge in [0.05, 0.1) is 16.6 Å². The lowest BCUT2D eigenvalue weighted by Gasteiger charge is -2.00. The number of aryl methyl sites for hydroxylation is 1. The molecule has 0 saturated carbocycles. The van der Waals surface area contributed by atoms with Crippen molar-refractivity contribution in [3.63, 3.8) is 0 Å². The molecule has 78 valence electrons. The zero-order valence-electron chi connectivity index (χ0n) is 7.86. The minimum atomic E-state index is -0.984. The zero-order valence-corrected chi connectivity index (χ0v) is 9.45. The average molecular weight is 270 g/mol. The number of benzene rings is 1. The Morgan fingerprint density at radius 1 is 1.60 bits per heavy atom. The molecule has 15 heavy (non-hydrogen) atoms. The van der Waals surface area contributed by atoms with Crippen molar-refractivity contribution in [1.82, 2.24) is 9.55 Å². The van der Waals surface area contributed by atoms with Gasteiger partial charge in [-0.3, -0.25) is 0 Å². The number of hydrogen-bond acceptors (Lipinski definition) is 3. The summed E-state index contributed by atoms with van der Waals surface area (Å²) in [6.45, 7) is 0. The summed E-state index contributed by atoms with van der Waals surface area (Å²) >= 11 is 3.30. The maximum absolute atomic E-state index is 10.8. The molecular formula is C9H8BrN3O2. The van der Waals surface area contributed by atoms with Crippen molar-refractivity contribution in [1.29, 1.82) is 0 Å². The molecule has 0 amide bonds. The van der Waals surface area contributed by atoms with E-state index in [1.54, 1.807) is 11.6 Å². The van der Waals surface area contributed by atoms with Crippen LogP contribution in [0.3, 0.4) is 0 Å². The fourth-order valence-corrected chi connectivity index (χ4v) is 2.15. The van der Waals surface area contributed by atoms with Crippen LogP contribution >= 0.6 is 15.9 Å². The second-order valence-corrected chi connectivity index (χ2v) is 4.01.